The quantitative estimate of drug-likeness (QED) is 0.623. The van der Waals surface area contributed by atoms with Crippen LogP contribution >= 0.6 is 11.5 Å². The summed E-state index contributed by atoms with van der Waals surface area (Å²) in [6.45, 7) is 2.22. The van der Waals surface area contributed by atoms with E-state index in [0.717, 1.165) is 0 Å². The van der Waals surface area contributed by atoms with Crippen molar-refractivity contribution in [1.82, 2.24) is 4.37 Å². The third-order valence-electron chi connectivity index (χ3n) is 2.16. The lowest BCUT2D eigenvalue weighted by Gasteiger charge is -2.09. The summed E-state index contributed by atoms with van der Waals surface area (Å²) in [6.07, 6.45) is 7.91. The number of nitrogens with zero attached hydrogens (tertiary/aromatic N) is 1. The third-order valence-corrected chi connectivity index (χ3v) is 3.03. The molecule has 0 aliphatic heterocycles. The van der Waals surface area contributed by atoms with Crippen LogP contribution < -0.4 is 0 Å². The lowest BCUT2D eigenvalue weighted by atomic mass is 9.98. The summed E-state index contributed by atoms with van der Waals surface area (Å²) in [5, 5.41) is 0. The number of fused-ring (bicyclic) bond motifs is 1. The monoisotopic (exact) mass is 165 g/mol. The molecular formula is C9H11NS. The average Bonchev–Trinajstić information content (AvgIpc) is 2.50. The Morgan fingerprint density at radius 3 is 3.27 bits per heavy atom. The molecule has 1 aromatic heterocycles. The van der Waals surface area contributed by atoms with Gasteiger partial charge in [-0.25, -0.2) is 4.37 Å². The number of aromatic nitrogens is 1. The van der Waals surface area contributed by atoms with Crippen LogP contribution in [-0.2, 0) is 6.42 Å². The molecule has 0 radical (unpaired) electrons. The standard InChI is InChI=1S/C9H11NS/c1-2-7-3-4-9-8(5-7)6-10-11-9/h5-6H,2-4H2,1H3. The van der Waals surface area contributed by atoms with Crippen molar-refractivity contribution in [2.24, 2.45) is 0 Å². The molecule has 0 N–H and O–H groups in total. The Balaban J connectivity index is 2.37. The molecule has 2 heteroatoms. The zero-order chi connectivity index (χ0) is 7.68. The van der Waals surface area contributed by atoms with Crippen LogP contribution in [0.2, 0.25) is 0 Å². The molecule has 11 heavy (non-hydrogen) atoms. The van der Waals surface area contributed by atoms with Gasteiger partial charge >= 0.3 is 0 Å². The number of rotatable bonds is 1. The molecule has 0 atom stereocenters. The van der Waals surface area contributed by atoms with Gasteiger partial charge in [-0.3, -0.25) is 0 Å². The first-order valence-electron chi connectivity index (χ1n) is 4.03. The van der Waals surface area contributed by atoms with E-state index in [2.05, 4.69) is 17.4 Å². The maximum Gasteiger partial charge on any atom is 0.0482 e. The fraction of sp³-hybridized carbons (Fsp3) is 0.444. The molecule has 58 valence electrons. The van der Waals surface area contributed by atoms with Gasteiger partial charge in [0.05, 0.1) is 0 Å². The zero-order valence-corrected chi connectivity index (χ0v) is 7.45. The van der Waals surface area contributed by atoms with Crippen LogP contribution in [0.5, 0.6) is 0 Å². The van der Waals surface area contributed by atoms with E-state index in [1.165, 1.54) is 29.7 Å². The predicted molar refractivity (Wildman–Crippen MR) is 48.7 cm³/mol. The number of aryl methyl sites for hydroxylation is 1. The van der Waals surface area contributed by atoms with Gasteiger partial charge in [-0.1, -0.05) is 18.6 Å². The molecule has 2 rings (SSSR count). The second-order valence-corrected chi connectivity index (χ2v) is 3.75. The zero-order valence-electron chi connectivity index (χ0n) is 6.63. The Kier molecular flexibility index (Phi) is 1.78. The van der Waals surface area contributed by atoms with E-state index in [9.17, 15) is 0 Å². The van der Waals surface area contributed by atoms with Gasteiger partial charge < -0.3 is 0 Å². The molecule has 1 aromatic rings. The van der Waals surface area contributed by atoms with Crippen molar-refractivity contribution >= 4 is 17.6 Å². The summed E-state index contributed by atoms with van der Waals surface area (Å²) in [6, 6.07) is 0. The molecular weight excluding hydrogens is 154 g/mol. The number of hydrogen-bond donors (Lipinski definition) is 0. The third kappa shape index (κ3) is 1.23. The van der Waals surface area contributed by atoms with Crippen molar-refractivity contribution in [3.63, 3.8) is 0 Å². The van der Waals surface area contributed by atoms with Crippen LogP contribution in [0.4, 0.5) is 0 Å². The smallest absolute Gasteiger partial charge is 0.0482 e. The summed E-state index contributed by atoms with van der Waals surface area (Å²) >= 11 is 1.64. The first kappa shape index (κ1) is 7.04. The predicted octanol–water partition coefficient (Wildman–Crippen LogP) is 2.88. The summed E-state index contributed by atoms with van der Waals surface area (Å²) in [4.78, 5) is 1.46. The molecule has 0 spiro atoms. The molecule has 0 bridgehead atoms. The van der Waals surface area contributed by atoms with Crippen molar-refractivity contribution < 1.29 is 0 Å². The van der Waals surface area contributed by atoms with E-state index in [-0.39, 0.29) is 0 Å². The van der Waals surface area contributed by atoms with Gasteiger partial charge in [0.2, 0.25) is 0 Å². The van der Waals surface area contributed by atoms with E-state index < -0.39 is 0 Å². The van der Waals surface area contributed by atoms with E-state index in [1.807, 2.05) is 6.20 Å². The topological polar surface area (TPSA) is 12.9 Å². The van der Waals surface area contributed by atoms with Crippen molar-refractivity contribution in [2.45, 2.75) is 26.2 Å². The molecule has 0 saturated carbocycles. The molecule has 0 saturated heterocycles. The Labute approximate surface area is 70.9 Å². The van der Waals surface area contributed by atoms with Crippen LogP contribution in [0.1, 0.15) is 30.2 Å². The van der Waals surface area contributed by atoms with Gasteiger partial charge in [-0.15, -0.1) is 0 Å². The van der Waals surface area contributed by atoms with Gasteiger partial charge in [-0.2, -0.15) is 0 Å². The van der Waals surface area contributed by atoms with Crippen LogP contribution in [0, 0.1) is 0 Å². The van der Waals surface area contributed by atoms with Crippen molar-refractivity contribution in [1.29, 1.82) is 0 Å². The summed E-state index contributed by atoms with van der Waals surface area (Å²) in [5.74, 6) is 0. The summed E-state index contributed by atoms with van der Waals surface area (Å²) in [5.41, 5.74) is 2.93. The fourth-order valence-corrected chi connectivity index (χ4v) is 2.13. The minimum absolute atomic E-state index is 1.19. The maximum atomic E-state index is 4.17. The highest BCUT2D eigenvalue weighted by atomic mass is 32.1. The SMILES string of the molecule is CCC1=Cc2cnsc2CC1. The molecule has 1 aliphatic rings. The largest absolute Gasteiger partial charge is 0.200 e. The van der Waals surface area contributed by atoms with Gasteiger partial charge in [0.25, 0.3) is 0 Å². The van der Waals surface area contributed by atoms with E-state index in [1.54, 1.807) is 17.1 Å². The van der Waals surface area contributed by atoms with Crippen molar-refractivity contribution in [3.05, 3.63) is 22.2 Å². The van der Waals surface area contributed by atoms with E-state index >= 15 is 0 Å². The number of hydrogen-bond acceptors (Lipinski definition) is 2. The van der Waals surface area contributed by atoms with Gasteiger partial charge in [0.15, 0.2) is 0 Å². The lowest BCUT2D eigenvalue weighted by molar-refractivity contribution is 0.890. The highest BCUT2D eigenvalue weighted by Gasteiger charge is 2.10. The Hall–Kier alpha value is -0.630. The highest BCUT2D eigenvalue weighted by molar-refractivity contribution is 7.06. The minimum atomic E-state index is 1.19. The molecule has 0 amide bonds. The van der Waals surface area contributed by atoms with Crippen LogP contribution in [0.15, 0.2) is 11.8 Å². The van der Waals surface area contributed by atoms with Gasteiger partial charge in [0.1, 0.15) is 0 Å². The summed E-state index contributed by atoms with van der Waals surface area (Å²) < 4.78 is 4.17. The highest BCUT2D eigenvalue weighted by Crippen LogP contribution is 2.27. The van der Waals surface area contributed by atoms with Gasteiger partial charge in [-0.05, 0) is 30.8 Å². The first-order chi connectivity index (χ1) is 5.40. The Morgan fingerprint density at radius 1 is 1.55 bits per heavy atom. The van der Waals surface area contributed by atoms with Gasteiger partial charge in [0, 0.05) is 16.6 Å². The molecule has 1 nitrogen and oxygen atoms in total. The second kappa shape index (κ2) is 2.78. The molecule has 0 fully saturated rings. The fourth-order valence-electron chi connectivity index (χ4n) is 1.42. The normalized spacial score (nSPS) is 15.9. The Bertz CT molecular complexity index is 286. The second-order valence-electron chi connectivity index (χ2n) is 2.86. The number of allylic oxidation sites excluding steroid dienone is 1. The van der Waals surface area contributed by atoms with Crippen molar-refractivity contribution in [2.75, 3.05) is 0 Å². The average molecular weight is 165 g/mol. The molecule has 1 heterocycles. The Morgan fingerprint density at radius 2 is 2.45 bits per heavy atom. The molecule has 0 unspecified atom stereocenters. The lowest BCUT2D eigenvalue weighted by Crippen LogP contribution is -1.93. The minimum Gasteiger partial charge on any atom is -0.200 e. The van der Waals surface area contributed by atoms with Crippen molar-refractivity contribution in [3.8, 4) is 0 Å². The molecule has 1 aliphatic carbocycles. The summed E-state index contributed by atoms with van der Waals surface area (Å²) in [7, 11) is 0. The maximum absolute atomic E-state index is 4.17. The van der Waals surface area contributed by atoms with E-state index in [0.29, 0.717) is 0 Å². The van der Waals surface area contributed by atoms with Crippen LogP contribution in [0.3, 0.4) is 0 Å². The first-order valence-corrected chi connectivity index (χ1v) is 4.80. The van der Waals surface area contributed by atoms with Crippen LogP contribution in [0.25, 0.3) is 6.08 Å². The van der Waals surface area contributed by atoms with Crippen LogP contribution in [-0.4, -0.2) is 4.37 Å². The van der Waals surface area contributed by atoms with E-state index in [4.69, 9.17) is 0 Å². The molecule has 0 aromatic carbocycles.